The molecule has 0 radical (unpaired) electrons. The first-order valence-corrected chi connectivity index (χ1v) is 28.1. The summed E-state index contributed by atoms with van der Waals surface area (Å²) < 4.78 is 14.1. The number of rotatable bonds is 4. The van der Waals surface area contributed by atoms with Gasteiger partial charge in [0.15, 0.2) is 0 Å². The molecule has 0 unspecified atom stereocenters. The SMILES string of the molecule is C[Si]1(C)c2cc3c(cc2-c2c1cc(-c1cccc(C4=CC=CCC4)c1)c1c2oc2ccccc21)[Si](C)(C)c1cc(-c2cccc(-c4ccccc4)c2)c2oc4ccccc4c2c1-3. The third-order valence-corrected chi connectivity index (χ3v) is 21.5. The van der Waals surface area contributed by atoms with E-state index in [-0.39, 0.29) is 0 Å². The zero-order valence-corrected chi connectivity index (χ0v) is 37.4. The van der Waals surface area contributed by atoms with Gasteiger partial charge in [-0.15, -0.1) is 0 Å². The van der Waals surface area contributed by atoms with E-state index in [1.54, 1.807) is 0 Å². The number of allylic oxidation sites excluding steroid dienone is 4. The van der Waals surface area contributed by atoms with Crippen LogP contribution in [-0.4, -0.2) is 16.1 Å². The number of furan rings is 2. The lowest BCUT2D eigenvalue weighted by Crippen LogP contribution is -2.51. The summed E-state index contributed by atoms with van der Waals surface area (Å²) >= 11 is 0. The van der Waals surface area contributed by atoms with Gasteiger partial charge in [0, 0.05) is 32.7 Å². The summed E-state index contributed by atoms with van der Waals surface area (Å²) in [6.45, 7) is 10.2. The lowest BCUT2D eigenvalue weighted by Gasteiger charge is -2.22. The average molecular weight is 829 g/mol. The van der Waals surface area contributed by atoms with Crippen molar-refractivity contribution in [3.63, 3.8) is 0 Å². The largest absolute Gasteiger partial charge is 0.455 e. The molecule has 0 atom stereocenters. The maximum Gasteiger partial charge on any atom is 0.143 e. The molecule has 2 aromatic heterocycles. The predicted molar refractivity (Wildman–Crippen MR) is 268 cm³/mol. The van der Waals surface area contributed by atoms with E-state index in [0.29, 0.717) is 0 Å². The highest BCUT2D eigenvalue weighted by Gasteiger charge is 2.46. The van der Waals surface area contributed by atoms with Crippen molar-refractivity contribution in [3.8, 4) is 55.6 Å². The van der Waals surface area contributed by atoms with E-state index >= 15 is 0 Å². The van der Waals surface area contributed by atoms with Gasteiger partial charge in [0.1, 0.15) is 38.5 Å². The molecule has 0 bridgehead atoms. The van der Waals surface area contributed by atoms with Crippen LogP contribution in [0.1, 0.15) is 18.4 Å². The van der Waals surface area contributed by atoms with Crippen molar-refractivity contribution in [2.45, 2.75) is 39.0 Å². The minimum Gasteiger partial charge on any atom is -0.455 e. The molecule has 13 rings (SSSR count). The van der Waals surface area contributed by atoms with Crippen LogP contribution in [0.5, 0.6) is 0 Å². The Morgan fingerprint density at radius 3 is 1.66 bits per heavy atom. The van der Waals surface area contributed by atoms with Crippen LogP contribution in [0.25, 0.3) is 105 Å². The van der Waals surface area contributed by atoms with Crippen molar-refractivity contribution < 1.29 is 8.83 Å². The Morgan fingerprint density at radius 1 is 0.419 bits per heavy atom. The zero-order chi connectivity index (χ0) is 41.5. The van der Waals surface area contributed by atoms with Gasteiger partial charge in [0.05, 0.1) is 0 Å². The van der Waals surface area contributed by atoms with E-state index in [4.69, 9.17) is 8.83 Å². The van der Waals surface area contributed by atoms with Crippen LogP contribution in [0.15, 0.2) is 179 Å². The molecule has 296 valence electrons. The van der Waals surface area contributed by atoms with Gasteiger partial charge < -0.3 is 8.83 Å². The summed E-state index contributed by atoms with van der Waals surface area (Å²) in [5, 5.41) is 10.8. The third-order valence-electron chi connectivity index (χ3n) is 14.5. The molecule has 3 aliphatic rings. The Labute approximate surface area is 363 Å². The van der Waals surface area contributed by atoms with Crippen molar-refractivity contribution in [1.82, 2.24) is 0 Å². The fourth-order valence-corrected chi connectivity index (χ4v) is 17.4. The quantitative estimate of drug-likeness (QED) is 0.165. The Bertz CT molecular complexity index is 3630. The Morgan fingerprint density at radius 2 is 0.952 bits per heavy atom. The normalized spacial score (nSPS) is 15.6. The van der Waals surface area contributed by atoms with Crippen molar-refractivity contribution in [3.05, 3.63) is 175 Å². The van der Waals surface area contributed by atoms with Crippen LogP contribution in [0.3, 0.4) is 0 Å². The fraction of sp³-hybridized carbons (Fsp3) is 0.103. The maximum atomic E-state index is 7.09. The van der Waals surface area contributed by atoms with Gasteiger partial charge in [-0.25, -0.2) is 0 Å². The van der Waals surface area contributed by atoms with Crippen molar-refractivity contribution in [2.24, 2.45) is 0 Å². The summed E-state index contributed by atoms with van der Waals surface area (Å²) in [6.07, 6.45) is 8.91. The highest BCUT2D eigenvalue weighted by molar-refractivity contribution is 7.06. The van der Waals surface area contributed by atoms with E-state index in [1.165, 1.54) is 109 Å². The van der Waals surface area contributed by atoms with E-state index in [1.807, 2.05) is 0 Å². The standard InChI is InChI=1S/C58H44O2Si2/c1-61(2)49-34-46-50(33-45(49)54-51(61)32-44(57-56(54)42-26-12-14-28-48(42)59-57)40-24-16-22-38(30-40)36-19-9-6-10-20-36)62(3,4)52-31-43(39-23-15-21-37(29-39)35-17-7-5-8-18-35)53-41-25-11-13-27-47(41)60-58(53)55(46)52/h5-7,9-17,19-34H,8,18H2,1-4H3. The molecule has 2 nitrogen and oxygen atoms in total. The second kappa shape index (κ2) is 12.9. The second-order valence-corrected chi connectivity index (χ2v) is 27.3. The lowest BCUT2D eigenvalue weighted by atomic mass is 9.90. The van der Waals surface area contributed by atoms with Crippen LogP contribution >= 0.6 is 0 Å². The van der Waals surface area contributed by atoms with Crippen LogP contribution < -0.4 is 20.7 Å². The van der Waals surface area contributed by atoms with Gasteiger partial charge >= 0.3 is 0 Å². The molecule has 0 spiro atoms. The molecule has 0 saturated heterocycles. The first kappa shape index (κ1) is 36.0. The highest BCUT2D eigenvalue weighted by Crippen LogP contribution is 2.48. The maximum absolute atomic E-state index is 7.09. The molecule has 4 heterocycles. The van der Waals surface area contributed by atoms with Gasteiger partial charge in [-0.1, -0.05) is 172 Å². The number of hydrogen-bond acceptors (Lipinski definition) is 2. The van der Waals surface area contributed by atoms with Crippen molar-refractivity contribution >= 4 is 86.3 Å². The molecule has 0 N–H and O–H groups in total. The van der Waals surface area contributed by atoms with Crippen LogP contribution in [0.4, 0.5) is 0 Å². The minimum absolute atomic E-state index is 0.938. The topological polar surface area (TPSA) is 26.3 Å². The molecular formula is C58H44O2Si2. The first-order valence-electron chi connectivity index (χ1n) is 22.1. The molecule has 1 aliphatic carbocycles. The zero-order valence-electron chi connectivity index (χ0n) is 35.4. The molecule has 0 fully saturated rings. The summed E-state index contributed by atoms with van der Waals surface area (Å²) in [5.41, 5.74) is 19.4. The summed E-state index contributed by atoms with van der Waals surface area (Å²) in [5.74, 6) is 0. The average Bonchev–Trinajstić information content (AvgIpc) is 4.01. The summed E-state index contributed by atoms with van der Waals surface area (Å²) in [7, 11) is -4.53. The van der Waals surface area contributed by atoms with Crippen molar-refractivity contribution in [2.75, 3.05) is 0 Å². The van der Waals surface area contributed by atoms with Crippen LogP contribution in [0.2, 0.25) is 26.2 Å². The predicted octanol–water partition coefficient (Wildman–Crippen LogP) is 13.8. The Kier molecular flexibility index (Phi) is 7.49. The monoisotopic (exact) mass is 828 g/mol. The Balaban J connectivity index is 1.06. The fourth-order valence-electron chi connectivity index (χ4n) is 11.3. The molecule has 2 aliphatic heterocycles. The molecule has 0 amide bonds. The second-order valence-electron chi connectivity index (χ2n) is 18.7. The molecule has 10 aromatic rings. The number of benzene rings is 8. The van der Waals surface area contributed by atoms with E-state index < -0.39 is 16.1 Å². The summed E-state index contributed by atoms with van der Waals surface area (Å²) in [4.78, 5) is 0. The van der Waals surface area contributed by atoms with Gasteiger partial charge in [0.2, 0.25) is 0 Å². The third kappa shape index (κ3) is 4.96. The van der Waals surface area contributed by atoms with Gasteiger partial charge in [-0.2, -0.15) is 0 Å². The van der Waals surface area contributed by atoms with E-state index in [2.05, 4.69) is 196 Å². The van der Waals surface area contributed by atoms with E-state index in [0.717, 1.165) is 35.2 Å². The van der Waals surface area contributed by atoms with Gasteiger partial charge in [-0.05, 0) is 113 Å². The van der Waals surface area contributed by atoms with E-state index in [9.17, 15) is 0 Å². The number of para-hydroxylation sites is 2. The molecule has 8 aromatic carbocycles. The number of fused-ring (bicyclic) bond motifs is 14. The van der Waals surface area contributed by atoms with Gasteiger partial charge in [0.25, 0.3) is 0 Å². The first-order chi connectivity index (χ1) is 30.3. The lowest BCUT2D eigenvalue weighted by molar-refractivity contribution is 0.670. The van der Waals surface area contributed by atoms with Crippen LogP contribution in [0, 0.1) is 0 Å². The van der Waals surface area contributed by atoms with Gasteiger partial charge in [-0.3, -0.25) is 0 Å². The highest BCUT2D eigenvalue weighted by atomic mass is 28.3. The smallest absolute Gasteiger partial charge is 0.143 e. The number of hydrogen-bond donors (Lipinski definition) is 0. The molecule has 4 heteroatoms. The summed E-state index contributed by atoms with van der Waals surface area (Å²) in [6, 6.07) is 56.6. The minimum atomic E-state index is -2.26. The van der Waals surface area contributed by atoms with Crippen LogP contribution in [-0.2, 0) is 0 Å². The van der Waals surface area contributed by atoms with Crippen molar-refractivity contribution in [1.29, 1.82) is 0 Å². The molecule has 62 heavy (non-hydrogen) atoms. The molecular weight excluding hydrogens is 785 g/mol. The molecule has 0 saturated carbocycles. The Hall–Kier alpha value is -6.73.